The summed E-state index contributed by atoms with van der Waals surface area (Å²) in [6, 6.07) is 20.9. The number of nitrogens with zero attached hydrogens (tertiary/aromatic N) is 3. The van der Waals surface area contributed by atoms with Gasteiger partial charge in [0.25, 0.3) is 0 Å². The number of nitrogens with one attached hydrogen (secondary N) is 3. The van der Waals surface area contributed by atoms with Gasteiger partial charge in [0.2, 0.25) is 11.8 Å². The first-order chi connectivity index (χ1) is 25.5. The Hall–Kier alpha value is -3.39. The Bertz CT molecular complexity index is 1520. The van der Waals surface area contributed by atoms with E-state index in [0.29, 0.717) is 36.0 Å². The highest BCUT2D eigenvalue weighted by molar-refractivity contribution is 5.91. The van der Waals surface area contributed by atoms with Gasteiger partial charge >= 0.3 is 0 Å². The lowest BCUT2D eigenvalue weighted by Crippen LogP contribution is -2.56. The summed E-state index contributed by atoms with van der Waals surface area (Å²) in [5, 5.41) is 11.1. The number of benzene rings is 2. The van der Waals surface area contributed by atoms with E-state index in [4.69, 9.17) is 4.99 Å². The zero-order chi connectivity index (χ0) is 35.4. The van der Waals surface area contributed by atoms with Crippen molar-refractivity contribution in [2.75, 3.05) is 7.05 Å². The van der Waals surface area contributed by atoms with Gasteiger partial charge in [0.05, 0.1) is 24.2 Å². The van der Waals surface area contributed by atoms with Gasteiger partial charge in [-0.1, -0.05) is 112 Å². The average Bonchev–Trinajstić information content (AvgIpc) is 3.98. The molecule has 6 aliphatic rings. The Balaban J connectivity index is 1.10. The van der Waals surface area contributed by atoms with Gasteiger partial charge in [-0.25, -0.2) is 4.99 Å². The van der Waals surface area contributed by atoms with E-state index in [1.807, 2.05) is 36.4 Å². The smallest absolute Gasteiger partial charge is 0.243 e. The van der Waals surface area contributed by atoms with Crippen molar-refractivity contribution in [3.05, 3.63) is 71.8 Å². The number of hydrogen-bond donors (Lipinski definition) is 3. The first-order valence-electron chi connectivity index (χ1n) is 21.1. The summed E-state index contributed by atoms with van der Waals surface area (Å²) in [4.78, 5) is 39.7. The third-order valence-corrected chi connectivity index (χ3v) is 13.9. The van der Waals surface area contributed by atoms with Crippen LogP contribution in [-0.4, -0.2) is 70.9 Å². The van der Waals surface area contributed by atoms with E-state index < -0.39 is 12.1 Å². The SMILES string of the molecule is CN1[C@H](C(=O)N[C@@H](c2ccccc2)[C@@H](NC(=O)[C@@H]2C[C@@H]3CCC[C@@H]3N2C(=NC2CCCCC2)NC2CCCCC2)c2ccccc2)C[C@@H]2CCC[C@@H]21. The monoisotopic (exact) mass is 706 g/mol. The Morgan fingerprint density at radius 2 is 1.13 bits per heavy atom. The van der Waals surface area contributed by atoms with Crippen LogP contribution < -0.4 is 16.0 Å². The quantitative estimate of drug-likeness (QED) is 0.187. The van der Waals surface area contributed by atoms with Gasteiger partial charge in [-0.3, -0.25) is 14.5 Å². The summed E-state index contributed by atoms with van der Waals surface area (Å²) < 4.78 is 0. The number of likely N-dealkylation sites (N-methyl/N-ethyl adjacent to an activating group) is 1. The number of likely N-dealkylation sites (tertiary alicyclic amines) is 2. The molecule has 2 aromatic carbocycles. The van der Waals surface area contributed by atoms with Gasteiger partial charge in [0.15, 0.2) is 5.96 Å². The number of fused-ring (bicyclic) bond motifs is 2. The number of hydrogen-bond acceptors (Lipinski definition) is 4. The molecule has 8 rings (SSSR count). The molecule has 52 heavy (non-hydrogen) atoms. The first kappa shape index (κ1) is 35.6. The van der Waals surface area contributed by atoms with Crippen molar-refractivity contribution in [3.63, 3.8) is 0 Å². The van der Waals surface area contributed by atoms with E-state index in [1.165, 1.54) is 83.5 Å². The third kappa shape index (κ3) is 7.65. The minimum absolute atomic E-state index is 0.0488. The molecule has 3 N–H and O–H groups in total. The maximum absolute atomic E-state index is 15.1. The normalized spacial score (nSPS) is 31.2. The van der Waals surface area contributed by atoms with Crippen LogP contribution in [-0.2, 0) is 9.59 Å². The summed E-state index contributed by atoms with van der Waals surface area (Å²) in [5.74, 6) is 2.20. The average molecular weight is 707 g/mol. The molecule has 0 unspecified atom stereocenters. The van der Waals surface area contributed by atoms with Crippen molar-refractivity contribution in [2.24, 2.45) is 16.8 Å². The summed E-state index contributed by atoms with van der Waals surface area (Å²) in [5.41, 5.74) is 2.01. The van der Waals surface area contributed by atoms with Crippen molar-refractivity contribution < 1.29 is 9.59 Å². The number of rotatable bonds is 9. The molecule has 2 amide bonds. The zero-order valence-corrected chi connectivity index (χ0v) is 31.4. The second kappa shape index (κ2) is 16.3. The maximum atomic E-state index is 15.1. The van der Waals surface area contributed by atoms with Crippen LogP contribution in [0.15, 0.2) is 65.7 Å². The summed E-state index contributed by atoms with van der Waals surface area (Å²) in [6.07, 6.45) is 21.2. The van der Waals surface area contributed by atoms with Gasteiger partial charge in [-0.15, -0.1) is 0 Å². The molecule has 8 nitrogen and oxygen atoms in total. The third-order valence-electron chi connectivity index (χ3n) is 13.9. The van der Waals surface area contributed by atoms with E-state index >= 15 is 4.79 Å². The molecular formula is C44H62N6O2. The van der Waals surface area contributed by atoms with Crippen LogP contribution >= 0.6 is 0 Å². The predicted octanol–water partition coefficient (Wildman–Crippen LogP) is 7.43. The minimum atomic E-state index is -0.432. The molecule has 0 spiro atoms. The van der Waals surface area contributed by atoms with E-state index in [2.05, 4.69) is 57.1 Å². The Morgan fingerprint density at radius 3 is 1.73 bits per heavy atom. The van der Waals surface area contributed by atoms with Crippen molar-refractivity contribution in [3.8, 4) is 0 Å². The second-order valence-electron chi connectivity index (χ2n) is 17.1. The molecule has 0 aromatic heterocycles. The van der Waals surface area contributed by atoms with Gasteiger partial charge < -0.3 is 20.9 Å². The maximum Gasteiger partial charge on any atom is 0.243 e. The van der Waals surface area contributed by atoms with Gasteiger partial charge in [-0.05, 0) is 94.2 Å². The van der Waals surface area contributed by atoms with Crippen molar-refractivity contribution in [1.29, 1.82) is 0 Å². The van der Waals surface area contributed by atoms with Crippen LogP contribution in [0.4, 0.5) is 0 Å². The number of amides is 2. The van der Waals surface area contributed by atoms with Crippen molar-refractivity contribution in [2.45, 2.75) is 164 Å². The van der Waals surface area contributed by atoms with Crippen LogP contribution in [0.25, 0.3) is 0 Å². The molecule has 2 aromatic rings. The molecular weight excluding hydrogens is 645 g/mol. The molecule has 0 bridgehead atoms. The standard InChI is InChI=1S/C44H62N6O2/c1-49-36-26-14-20-32(36)28-38(49)42(51)47-40(30-16-6-2-7-17-30)41(31-18-8-3-9-19-31)48-43(52)39-29-33-21-15-27-37(33)50(39)44(45-34-22-10-4-11-23-34)46-35-24-12-5-13-25-35/h2-3,6-9,16-19,32-41H,4-5,10-15,20-29H2,1H3,(H,45,46)(H,47,51)(H,48,52)/t32-,33-,36-,37-,38-,39-,40-,41-/m0/s1. The lowest BCUT2D eigenvalue weighted by molar-refractivity contribution is -0.128. The van der Waals surface area contributed by atoms with E-state index in [9.17, 15) is 4.79 Å². The highest BCUT2D eigenvalue weighted by atomic mass is 16.2. The molecule has 2 aliphatic heterocycles. The van der Waals surface area contributed by atoms with E-state index in [-0.39, 0.29) is 23.9 Å². The lowest BCUT2D eigenvalue weighted by atomic mass is 9.92. The summed E-state index contributed by atoms with van der Waals surface area (Å²) in [6.45, 7) is 0. The number of aliphatic imine (C=N–C) groups is 1. The number of carbonyl (C=O) groups is 2. The molecule has 2 heterocycles. The Morgan fingerprint density at radius 1 is 0.615 bits per heavy atom. The topological polar surface area (TPSA) is 89.1 Å². The van der Waals surface area contributed by atoms with Crippen LogP contribution in [0.3, 0.4) is 0 Å². The second-order valence-corrected chi connectivity index (χ2v) is 17.1. The Kier molecular flexibility index (Phi) is 11.2. The fraction of sp³-hybridized carbons (Fsp3) is 0.659. The molecule has 6 fully saturated rings. The largest absolute Gasteiger partial charge is 0.353 e. The summed E-state index contributed by atoms with van der Waals surface area (Å²) in [7, 11) is 2.13. The van der Waals surface area contributed by atoms with Crippen LogP contribution in [0.5, 0.6) is 0 Å². The van der Waals surface area contributed by atoms with Crippen LogP contribution in [0.1, 0.15) is 139 Å². The van der Waals surface area contributed by atoms with Crippen LogP contribution in [0.2, 0.25) is 0 Å². The number of guanidine groups is 1. The molecule has 0 radical (unpaired) electrons. The molecule has 8 heteroatoms. The molecule has 4 saturated carbocycles. The minimum Gasteiger partial charge on any atom is -0.353 e. The van der Waals surface area contributed by atoms with Gasteiger partial charge in [0, 0.05) is 18.1 Å². The van der Waals surface area contributed by atoms with E-state index in [0.717, 1.165) is 49.2 Å². The van der Waals surface area contributed by atoms with Gasteiger partial charge in [-0.2, -0.15) is 0 Å². The van der Waals surface area contributed by atoms with Crippen LogP contribution in [0, 0.1) is 11.8 Å². The van der Waals surface area contributed by atoms with Gasteiger partial charge in [0.1, 0.15) is 6.04 Å². The fourth-order valence-corrected chi connectivity index (χ4v) is 11.2. The van der Waals surface area contributed by atoms with E-state index in [1.54, 1.807) is 0 Å². The lowest BCUT2D eigenvalue weighted by Gasteiger charge is -2.38. The van der Waals surface area contributed by atoms with Crippen molar-refractivity contribution in [1.82, 2.24) is 25.8 Å². The fourth-order valence-electron chi connectivity index (χ4n) is 11.2. The van der Waals surface area contributed by atoms with Crippen molar-refractivity contribution >= 4 is 17.8 Å². The predicted molar refractivity (Wildman–Crippen MR) is 208 cm³/mol. The highest BCUT2D eigenvalue weighted by Gasteiger charge is 2.50. The summed E-state index contributed by atoms with van der Waals surface area (Å²) >= 11 is 0. The zero-order valence-electron chi connectivity index (χ0n) is 31.4. The molecule has 8 atom stereocenters. The molecule has 280 valence electrons. The molecule has 2 saturated heterocycles. The number of carbonyl (C=O) groups excluding carboxylic acids is 2. The first-order valence-corrected chi connectivity index (χ1v) is 21.1. The molecule has 4 aliphatic carbocycles. The highest BCUT2D eigenvalue weighted by Crippen LogP contribution is 2.43. The Labute approximate surface area is 312 Å².